The van der Waals surface area contributed by atoms with Crippen LogP contribution in [0.5, 0.6) is 11.5 Å². The zero-order chi connectivity index (χ0) is 30.9. The molecule has 47 heavy (non-hydrogen) atoms. The van der Waals surface area contributed by atoms with E-state index in [9.17, 15) is 0 Å². The Morgan fingerprint density at radius 1 is 0.426 bits per heavy atom. The molecular formula is C41H25N5O. The van der Waals surface area contributed by atoms with Crippen molar-refractivity contribution in [2.45, 2.75) is 0 Å². The molecule has 5 heterocycles. The van der Waals surface area contributed by atoms with Crippen molar-refractivity contribution < 1.29 is 4.74 Å². The Morgan fingerprint density at radius 3 is 1.74 bits per heavy atom. The van der Waals surface area contributed by atoms with E-state index >= 15 is 0 Å². The van der Waals surface area contributed by atoms with E-state index in [1.165, 1.54) is 16.5 Å². The fourth-order valence-electron chi connectivity index (χ4n) is 6.90. The van der Waals surface area contributed by atoms with Gasteiger partial charge in [-0.05, 0) is 76.5 Å². The van der Waals surface area contributed by atoms with Gasteiger partial charge in [0.25, 0.3) is 0 Å². The Bertz CT molecular complexity index is 2620. The highest BCUT2D eigenvalue weighted by Crippen LogP contribution is 2.37. The van der Waals surface area contributed by atoms with E-state index in [2.05, 4.69) is 99.8 Å². The quantitative estimate of drug-likeness (QED) is 0.188. The molecule has 5 aromatic carbocycles. The molecule has 0 atom stereocenters. The second kappa shape index (κ2) is 9.99. The lowest BCUT2D eigenvalue weighted by Gasteiger charge is -2.13. The molecule has 0 aliphatic heterocycles. The van der Waals surface area contributed by atoms with Crippen molar-refractivity contribution in [2.75, 3.05) is 0 Å². The first-order chi connectivity index (χ1) is 23.3. The maximum Gasteiger partial charge on any atom is 0.146 e. The fourth-order valence-corrected chi connectivity index (χ4v) is 6.90. The Hall–Kier alpha value is -6.53. The van der Waals surface area contributed by atoms with Crippen LogP contribution in [0.1, 0.15) is 0 Å². The van der Waals surface area contributed by atoms with Gasteiger partial charge in [-0.25, -0.2) is 15.0 Å². The number of nitrogens with zero attached hydrogens (tertiary/aromatic N) is 5. The maximum atomic E-state index is 6.53. The minimum absolute atomic E-state index is 0.739. The average molecular weight is 604 g/mol. The zero-order valence-electron chi connectivity index (χ0n) is 25.1. The molecule has 0 saturated heterocycles. The first-order valence-electron chi connectivity index (χ1n) is 15.6. The van der Waals surface area contributed by atoms with Crippen molar-refractivity contribution in [3.05, 3.63) is 152 Å². The lowest BCUT2D eigenvalue weighted by Crippen LogP contribution is -1.95. The van der Waals surface area contributed by atoms with E-state index in [0.717, 1.165) is 72.1 Å². The Kier molecular flexibility index (Phi) is 5.48. The smallest absolute Gasteiger partial charge is 0.146 e. The van der Waals surface area contributed by atoms with Crippen LogP contribution in [0.2, 0.25) is 0 Å². The van der Waals surface area contributed by atoms with Gasteiger partial charge < -0.3 is 4.74 Å². The number of fused-ring (bicyclic) bond motifs is 12. The first kappa shape index (κ1) is 25.8. The van der Waals surface area contributed by atoms with Gasteiger partial charge in [0.1, 0.15) is 28.4 Å². The van der Waals surface area contributed by atoms with Crippen LogP contribution in [0.15, 0.2) is 152 Å². The number of imidazole rings is 2. The van der Waals surface area contributed by atoms with E-state index in [1.54, 1.807) is 0 Å². The largest absolute Gasteiger partial charge is 0.457 e. The number of pyridine rings is 3. The summed E-state index contributed by atoms with van der Waals surface area (Å²) in [6.45, 7) is 0. The van der Waals surface area contributed by atoms with Crippen LogP contribution in [-0.2, 0) is 0 Å². The zero-order valence-corrected chi connectivity index (χ0v) is 25.1. The summed E-state index contributed by atoms with van der Waals surface area (Å²) in [7, 11) is 0. The summed E-state index contributed by atoms with van der Waals surface area (Å²) in [5, 5.41) is 6.49. The molecule has 6 heteroatoms. The highest BCUT2D eigenvalue weighted by Gasteiger charge is 2.15. The highest BCUT2D eigenvalue weighted by atomic mass is 16.5. The third kappa shape index (κ3) is 4.02. The standard InChI is InChI=1S/C41H25N5O/c1-3-7-26(8-4-1)28-11-14-33-31-15-12-29(24-35(31)39-42-19-21-45(39)38(33)23-28)47-30-13-16-32-34-17-18-37(27-9-5-2-6-10-27)44-41(34)46-22-20-43-40(46)36(32)25-30/h1-25H. The van der Waals surface area contributed by atoms with Gasteiger partial charge in [-0.2, -0.15) is 0 Å². The Morgan fingerprint density at radius 2 is 1.02 bits per heavy atom. The predicted molar refractivity (Wildman–Crippen MR) is 189 cm³/mol. The molecule has 0 saturated carbocycles. The van der Waals surface area contributed by atoms with Crippen LogP contribution in [-0.4, -0.2) is 23.8 Å². The molecule has 5 aromatic heterocycles. The van der Waals surface area contributed by atoms with Gasteiger partial charge >= 0.3 is 0 Å². The summed E-state index contributed by atoms with van der Waals surface area (Å²) in [6, 6.07) is 44.1. The minimum Gasteiger partial charge on any atom is -0.457 e. The topological polar surface area (TPSA) is 56.7 Å². The summed E-state index contributed by atoms with van der Waals surface area (Å²) in [5.74, 6) is 1.49. The monoisotopic (exact) mass is 603 g/mol. The lowest BCUT2D eigenvalue weighted by molar-refractivity contribution is 0.484. The van der Waals surface area contributed by atoms with Crippen molar-refractivity contribution in [1.29, 1.82) is 0 Å². The molecule has 0 bridgehead atoms. The van der Waals surface area contributed by atoms with Gasteiger partial charge in [0, 0.05) is 51.9 Å². The molecular weight excluding hydrogens is 578 g/mol. The third-order valence-electron chi connectivity index (χ3n) is 9.10. The second-order valence-corrected chi connectivity index (χ2v) is 11.8. The van der Waals surface area contributed by atoms with Crippen molar-refractivity contribution >= 4 is 54.8 Å². The van der Waals surface area contributed by atoms with Gasteiger partial charge in [0.05, 0.1) is 11.2 Å². The molecule has 0 spiro atoms. The summed E-state index contributed by atoms with van der Waals surface area (Å²) >= 11 is 0. The number of benzene rings is 5. The fraction of sp³-hybridized carbons (Fsp3) is 0. The van der Waals surface area contributed by atoms with E-state index < -0.39 is 0 Å². The molecule has 10 aromatic rings. The van der Waals surface area contributed by atoms with Crippen LogP contribution in [0.3, 0.4) is 0 Å². The molecule has 0 N–H and O–H groups in total. The normalized spacial score (nSPS) is 11.8. The van der Waals surface area contributed by atoms with Gasteiger partial charge in [-0.15, -0.1) is 0 Å². The number of hydrogen-bond acceptors (Lipinski definition) is 4. The average Bonchev–Trinajstić information content (AvgIpc) is 3.84. The Labute approximate surface area is 268 Å². The molecule has 0 radical (unpaired) electrons. The van der Waals surface area contributed by atoms with Crippen molar-refractivity contribution in [1.82, 2.24) is 23.8 Å². The Balaban J connectivity index is 1.08. The van der Waals surface area contributed by atoms with Gasteiger partial charge in [-0.3, -0.25) is 8.80 Å². The van der Waals surface area contributed by atoms with Crippen molar-refractivity contribution in [3.63, 3.8) is 0 Å². The number of aromatic nitrogens is 5. The first-order valence-corrected chi connectivity index (χ1v) is 15.6. The van der Waals surface area contributed by atoms with Crippen molar-refractivity contribution in [3.8, 4) is 33.9 Å². The van der Waals surface area contributed by atoms with Crippen LogP contribution in [0.4, 0.5) is 0 Å². The second-order valence-electron chi connectivity index (χ2n) is 11.8. The minimum atomic E-state index is 0.739. The van der Waals surface area contributed by atoms with Crippen LogP contribution >= 0.6 is 0 Å². The maximum absolute atomic E-state index is 6.53. The molecule has 0 unspecified atom stereocenters. The SMILES string of the molecule is c1ccc(-c2ccc3c4ccc(Oc5ccc6c(c5)c5nccn5c5nc(-c7ccccc7)ccc65)cc4c4nccn4c3c2)cc1. The summed E-state index contributed by atoms with van der Waals surface area (Å²) in [6.07, 6.45) is 7.68. The third-order valence-corrected chi connectivity index (χ3v) is 9.10. The number of hydrogen-bond donors (Lipinski definition) is 0. The molecule has 10 rings (SSSR count). The number of ether oxygens (including phenoxy) is 1. The van der Waals surface area contributed by atoms with E-state index in [4.69, 9.17) is 19.7 Å². The van der Waals surface area contributed by atoms with Crippen LogP contribution in [0.25, 0.3) is 77.2 Å². The van der Waals surface area contributed by atoms with Gasteiger partial charge in [0.15, 0.2) is 0 Å². The van der Waals surface area contributed by atoms with Crippen LogP contribution < -0.4 is 4.74 Å². The van der Waals surface area contributed by atoms with E-state index in [0.29, 0.717) is 0 Å². The molecule has 0 amide bonds. The molecule has 220 valence electrons. The molecule has 0 fully saturated rings. The summed E-state index contributed by atoms with van der Waals surface area (Å²) in [5.41, 5.74) is 8.12. The summed E-state index contributed by atoms with van der Waals surface area (Å²) in [4.78, 5) is 14.6. The molecule has 0 aliphatic rings. The van der Waals surface area contributed by atoms with E-state index in [-0.39, 0.29) is 0 Å². The van der Waals surface area contributed by atoms with Crippen LogP contribution in [0, 0.1) is 0 Å². The molecule has 0 aliphatic carbocycles. The predicted octanol–water partition coefficient (Wildman–Crippen LogP) is 10.1. The highest BCUT2D eigenvalue weighted by molar-refractivity contribution is 6.13. The van der Waals surface area contributed by atoms with E-state index in [1.807, 2.05) is 61.2 Å². The summed E-state index contributed by atoms with van der Waals surface area (Å²) < 4.78 is 10.8. The van der Waals surface area contributed by atoms with Crippen molar-refractivity contribution in [2.24, 2.45) is 0 Å². The van der Waals surface area contributed by atoms with Gasteiger partial charge in [-0.1, -0.05) is 72.8 Å². The lowest BCUT2D eigenvalue weighted by atomic mass is 10.0. The number of rotatable bonds is 4. The molecule has 6 nitrogen and oxygen atoms in total. The van der Waals surface area contributed by atoms with Gasteiger partial charge in [0.2, 0.25) is 0 Å².